The highest BCUT2D eigenvalue weighted by atomic mass is 16.4. The normalized spacial score (nSPS) is 17.3. The summed E-state index contributed by atoms with van der Waals surface area (Å²) in [6, 6.07) is 9.85. The first-order valence-electron chi connectivity index (χ1n) is 8.29. The lowest BCUT2D eigenvalue weighted by Gasteiger charge is -2.08. The highest BCUT2D eigenvalue weighted by molar-refractivity contribution is 5.76. The quantitative estimate of drug-likeness (QED) is 0.823. The zero-order valence-corrected chi connectivity index (χ0v) is 13.3. The molecule has 1 fully saturated rings. The Balaban J connectivity index is 1.40. The van der Waals surface area contributed by atoms with Crippen LogP contribution in [0.4, 0.5) is 0 Å². The maximum absolute atomic E-state index is 11.9. The van der Waals surface area contributed by atoms with Gasteiger partial charge < -0.3 is 15.1 Å². The van der Waals surface area contributed by atoms with Crippen LogP contribution in [0.5, 0.6) is 0 Å². The second-order valence-corrected chi connectivity index (χ2v) is 5.98. The summed E-state index contributed by atoms with van der Waals surface area (Å²) in [4.78, 5) is 16.1. The van der Waals surface area contributed by atoms with E-state index in [1.54, 1.807) is 6.20 Å². The molecule has 2 heterocycles. The summed E-state index contributed by atoms with van der Waals surface area (Å²) >= 11 is 0. The number of aromatic nitrogens is 1. The van der Waals surface area contributed by atoms with Gasteiger partial charge in [-0.25, -0.2) is 4.98 Å². The topological polar surface area (TPSA) is 67.2 Å². The summed E-state index contributed by atoms with van der Waals surface area (Å²) < 4.78 is 5.71. The van der Waals surface area contributed by atoms with Crippen LogP contribution in [0.15, 0.2) is 40.9 Å². The van der Waals surface area contributed by atoms with E-state index in [0.29, 0.717) is 24.7 Å². The van der Waals surface area contributed by atoms with Crippen LogP contribution in [0, 0.1) is 5.92 Å². The van der Waals surface area contributed by atoms with Gasteiger partial charge in [-0.05, 0) is 31.8 Å². The number of carbonyl (C=O) groups excluding carboxylic acids is 1. The molecule has 2 aromatic rings. The minimum absolute atomic E-state index is 0.0652. The van der Waals surface area contributed by atoms with Gasteiger partial charge in [0, 0.05) is 24.9 Å². The van der Waals surface area contributed by atoms with Crippen LogP contribution in [-0.2, 0) is 11.2 Å². The molecule has 3 rings (SSSR count). The van der Waals surface area contributed by atoms with Gasteiger partial charge in [-0.1, -0.05) is 30.3 Å². The second-order valence-electron chi connectivity index (χ2n) is 5.98. The number of oxazole rings is 1. The summed E-state index contributed by atoms with van der Waals surface area (Å²) in [5, 5.41) is 6.32. The Hall–Kier alpha value is -2.14. The highest BCUT2D eigenvalue weighted by Crippen LogP contribution is 2.20. The Morgan fingerprint density at radius 3 is 3.00 bits per heavy atom. The number of hydrogen-bond acceptors (Lipinski definition) is 4. The Labute approximate surface area is 136 Å². The van der Waals surface area contributed by atoms with Crippen LogP contribution in [0.3, 0.4) is 0 Å². The number of benzene rings is 1. The number of amides is 1. The van der Waals surface area contributed by atoms with E-state index in [9.17, 15) is 4.79 Å². The van der Waals surface area contributed by atoms with E-state index >= 15 is 0 Å². The van der Waals surface area contributed by atoms with Gasteiger partial charge in [-0.2, -0.15) is 0 Å². The van der Waals surface area contributed by atoms with Crippen molar-refractivity contribution >= 4 is 5.91 Å². The second kappa shape index (κ2) is 7.92. The predicted octanol–water partition coefficient (Wildman–Crippen LogP) is 2.39. The van der Waals surface area contributed by atoms with Crippen molar-refractivity contribution in [3.05, 3.63) is 42.4 Å². The largest absolute Gasteiger partial charge is 0.441 e. The maximum atomic E-state index is 11.9. The average molecular weight is 313 g/mol. The lowest BCUT2D eigenvalue weighted by molar-refractivity contribution is -0.121. The summed E-state index contributed by atoms with van der Waals surface area (Å²) in [6.07, 6.45) is 4.93. The Bertz CT molecular complexity index is 618. The number of carbonyl (C=O) groups is 1. The van der Waals surface area contributed by atoms with E-state index in [4.69, 9.17) is 4.42 Å². The minimum Gasteiger partial charge on any atom is -0.441 e. The minimum atomic E-state index is 0.0652. The Morgan fingerprint density at radius 1 is 1.35 bits per heavy atom. The van der Waals surface area contributed by atoms with Gasteiger partial charge in [-0.15, -0.1) is 0 Å². The molecule has 0 saturated carbocycles. The molecule has 1 aliphatic heterocycles. The third kappa shape index (κ3) is 4.66. The monoisotopic (exact) mass is 313 g/mol. The van der Waals surface area contributed by atoms with E-state index in [1.165, 1.54) is 6.42 Å². The van der Waals surface area contributed by atoms with Gasteiger partial charge in [0.25, 0.3) is 0 Å². The van der Waals surface area contributed by atoms with Crippen LogP contribution in [-0.4, -0.2) is 30.5 Å². The van der Waals surface area contributed by atoms with Gasteiger partial charge >= 0.3 is 0 Å². The molecule has 23 heavy (non-hydrogen) atoms. The fraction of sp³-hybridized carbons (Fsp3) is 0.444. The first-order chi connectivity index (χ1) is 11.3. The number of hydrogen-bond donors (Lipinski definition) is 2. The van der Waals surface area contributed by atoms with Crippen LogP contribution < -0.4 is 10.6 Å². The highest BCUT2D eigenvalue weighted by Gasteiger charge is 2.14. The zero-order chi connectivity index (χ0) is 15.9. The molecule has 1 aromatic carbocycles. The van der Waals surface area contributed by atoms with Crippen molar-refractivity contribution in [1.82, 2.24) is 15.6 Å². The predicted molar refractivity (Wildman–Crippen MR) is 88.9 cm³/mol. The van der Waals surface area contributed by atoms with Crippen molar-refractivity contribution in [2.75, 3.05) is 19.6 Å². The molecule has 1 aromatic heterocycles. The smallest absolute Gasteiger partial charge is 0.220 e. The summed E-state index contributed by atoms with van der Waals surface area (Å²) in [5.74, 6) is 2.12. The van der Waals surface area contributed by atoms with Crippen molar-refractivity contribution in [2.24, 2.45) is 5.92 Å². The molecule has 1 unspecified atom stereocenters. The molecule has 5 nitrogen and oxygen atoms in total. The molecule has 2 N–H and O–H groups in total. The molecule has 0 spiro atoms. The van der Waals surface area contributed by atoms with E-state index in [2.05, 4.69) is 15.6 Å². The third-order valence-electron chi connectivity index (χ3n) is 4.21. The Kier molecular flexibility index (Phi) is 5.42. The van der Waals surface area contributed by atoms with Gasteiger partial charge in [-0.3, -0.25) is 4.79 Å². The van der Waals surface area contributed by atoms with Crippen molar-refractivity contribution < 1.29 is 9.21 Å². The summed E-state index contributed by atoms with van der Waals surface area (Å²) in [6.45, 7) is 2.94. The molecule has 1 atom stereocenters. The molecular formula is C18H23N3O2. The lowest BCUT2D eigenvalue weighted by Crippen LogP contribution is -2.26. The number of aryl methyl sites for hydroxylation is 1. The van der Waals surface area contributed by atoms with Gasteiger partial charge in [0.1, 0.15) is 0 Å². The summed E-state index contributed by atoms with van der Waals surface area (Å²) in [7, 11) is 0. The third-order valence-corrected chi connectivity index (χ3v) is 4.21. The fourth-order valence-corrected chi connectivity index (χ4v) is 2.85. The number of nitrogens with one attached hydrogen (secondary N) is 2. The molecule has 122 valence electrons. The number of nitrogens with zero attached hydrogens (tertiary/aromatic N) is 1. The van der Waals surface area contributed by atoms with Crippen molar-refractivity contribution in [1.29, 1.82) is 0 Å². The molecule has 1 aliphatic rings. The van der Waals surface area contributed by atoms with Crippen molar-refractivity contribution in [3.63, 3.8) is 0 Å². The van der Waals surface area contributed by atoms with Crippen LogP contribution in [0.2, 0.25) is 0 Å². The van der Waals surface area contributed by atoms with E-state index in [-0.39, 0.29) is 5.91 Å². The lowest BCUT2D eigenvalue weighted by atomic mass is 10.1. The SMILES string of the molecule is O=C(CCc1ncc(-c2ccccc2)o1)NCCC1CCNC1. The fourth-order valence-electron chi connectivity index (χ4n) is 2.85. The molecule has 1 amide bonds. The molecule has 1 saturated heterocycles. The van der Waals surface area contributed by atoms with Crippen molar-refractivity contribution in [3.8, 4) is 11.3 Å². The number of rotatable bonds is 7. The first-order valence-corrected chi connectivity index (χ1v) is 8.29. The Morgan fingerprint density at radius 2 is 2.22 bits per heavy atom. The average Bonchev–Trinajstić information content (AvgIpc) is 3.25. The van der Waals surface area contributed by atoms with E-state index in [1.807, 2.05) is 30.3 Å². The first kappa shape index (κ1) is 15.7. The molecular weight excluding hydrogens is 290 g/mol. The molecule has 5 heteroatoms. The van der Waals surface area contributed by atoms with E-state index < -0.39 is 0 Å². The standard InChI is InChI=1S/C18H23N3O2/c22-17(20-11-9-14-8-10-19-12-14)6-7-18-21-13-16(23-18)15-4-2-1-3-5-15/h1-5,13-14,19H,6-12H2,(H,20,22). The van der Waals surface area contributed by atoms with Crippen molar-refractivity contribution in [2.45, 2.75) is 25.7 Å². The van der Waals surface area contributed by atoms with E-state index in [0.717, 1.165) is 37.4 Å². The van der Waals surface area contributed by atoms with Crippen LogP contribution in [0.25, 0.3) is 11.3 Å². The summed E-state index contributed by atoms with van der Waals surface area (Å²) in [5.41, 5.74) is 1.00. The molecule has 0 bridgehead atoms. The van der Waals surface area contributed by atoms with Gasteiger partial charge in [0.2, 0.25) is 5.91 Å². The molecule has 0 radical (unpaired) electrons. The van der Waals surface area contributed by atoms with Crippen LogP contribution in [0.1, 0.15) is 25.2 Å². The van der Waals surface area contributed by atoms with Gasteiger partial charge in [0.05, 0.1) is 6.20 Å². The zero-order valence-electron chi connectivity index (χ0n) is 13.3. The van der Waals surface area contributed by atoms with Crippen LogP contribution >= 0.6 is 0 Å². The maximum Gasteiger partial charge on any atom is 0.220 e. The van der Waals surface area contributed by atoms with Gasteiger partial charge in [0.15, 0.2) is 11.7 Å². The molecule has 0 aliphatic carbocycles.